The smallest absolute Gasteiger partial charge is 0.247 e. The van der Waals surface area contributed by atoms with E-state index in [0.717, 1.165) is 12.0 Å². The molecule has 4 heteroatoms. The lowest BCUT2D eigenvalue weighted by molar-refractivity contribution is 0.241. The number of rotatable bonds is 3. The fraction of sp³-hybridized carbons (Fsp3) is 0.273. The summed E-state index contributed by atoms with van der Waals surface area (Å²) in [5.74, 6) is 0.686. The highest BCUT2D eigenvalue weighted by atomic mass is 16.4. The standard InChI is InChI=1S/C11H12N2O2/c1-2-8-3-5-9(6-4-8)11-13-12-10(7-14)15-11/h3-6,14H,2,7H2,1H3. The molecule has 0 atom stereocenters. The molecule has 15 heavy (non-hydrogen) atoms. The van der Waals surface area contributed by atoms with Gasteiger partial charge in [0.05, 0.1) is 0 Å². The highest BCUT2D eigenvalue weighted by Gasteiger charge is 2.06. The molecule has 78 valence electrons. The molecule has 0 aliphatic carbocycles. The number of nitrogens with zero attached hydrogens (tertiary/aromatic N) is 2. The summed E-state index contributed by atoms with van der Waals surface area (Å²) in [6.07, 6.45) is 1.01. The first-order valence-corrected chi connectivity index (χ1v) is 4.86. The van der Waals surface area contributed by atoms with Crippen LogP contribution in [0.2, 0.25) is 0 Å². The first kappa shape index (κ1) is 9.86. The molecule has 1 N–H and O–H groups in total. The van der Waals surface area contributed by atoms with Crippen molar-refractivity contribution in [3.8, 4) is 11.5 Å². The van der Waals surface area contributed by atoms with Crippen LogP contribution in [-0.4, -0.2) is 15.3 Å². The van der Waals surface area contributed by atoms with Crippen molar-refractivity contribution >= 4 is 0 Å². The van der Waals surface area contributed by atoms with Crippen molar-refractivity contribution in [1.82, 2.24) is 10.2 Å². The Hall–Kier alpha value is -1.68. The molecule has 1 aromatic carbocycles. The maximum absolute atomic E-state index is 8.78. The molecular formula is C11H12N2O2. The quantitative estimate of drug-likeness (QED) is 0.828. The van der Waals surface area contributed by atoms with Crippen LogP contribution >= 0.6 is 0 Å². The van der Waals surface area contributed by atoms with Gasteiger partial charge in [-0.1, -0.05) is 19.1 Å². The Kier molecular flexibility index (Phi) is 2.78. The third kappa shape index (κ3) is 2.05. The van der Waals surface area contributed by atoms with Crippen LogP contribution in [0.25, 0.3) is 11.5 Å². The molecule has 0 unspecified atom stereocenters. The summed E-state index contributed by atoms with van der Waals surface area (Å²) in [7, 11) is 0. The van der Waals surface area contributed by atoms with Crippen LogP contribution in [0.15, 0.2) is 28.7 Å². The molecule has 0 aliphatic rings. The Morgan fingerprint density at radius 1 is 1.20 bits per heavy atom. The van der Waals surface area contributed by atoms with E-state index in [0.29, 0.717) is 5.89 Å². The second-order valence-corrected chi connectivity index (χ2v) is 3.21. The van der Waals surface area contributed by atoms with Gasteiger partial charge in [-0.3, -0.25) is 0 Å². The lowest BCUT2D eigenvalue weighted by Gasteiger charge is -1.97. The monoisotopic (exact) mass is 204 g/mol. The van der Waals surface area contributed by atoms with Crippen molar-refractivity contribution in [1.29, 1.82) is 0 Å². The summed E-state index contributed by atoms with van der Waals surface area (Å²) in [5.41, 5.74) is 2.14. The average molecular weight is 204 g/mol. The summed E-state index contributed by atoms with van der Waals surface area (Å²) in [6.45, 7) is 1.88. The van der Waals surface area contributed by atoms with E-state index in [-0.39, 0.29) is 12.5 Å². The highest BCUT2D eigenvalue weighted by Crippen LogP contribution is 2.18. The third-order valence-corrected chi connectivity index (χ3v) is 2.21. The largest absolute Gasteiger partial charge is 0.418 e. The zero-order valence-corrected chi connectivity index (χ0v) is 8.47. The first-order chi connectivity index (χ1) is 7.33. The van der Waals surface area contributed by atoms with Gasteiger partial charge in [0, 0.05) is 5.56 Å². The number of benzene rings is 1. The summed E-state index contributed by atoms with van der Waals surface area (Å²) < 4.78 is 5.22. The van der Waals surface area contributed by atoms with Crippen molar-refractivity contribution in [3.05, 3.63) is 35.7 Å². The van der Waals surface area contributed by atoms with Gasteiger partial charge in [-0.25, -0.2) is 0 Å². The number of aromatic nitrogens is 2. The van der Waals surface area contributed by atoms with E-state index in [2.05, 4.69) is 17.1 Å². The Balaban J connectivity index is 2.28. The molecule has 0 bridgehead atoms. The van der Waals surface area contributed by atoms with Gasteiger partial charge in [0.25, 0.3) is 0 Å². The number of aliphatic hydroxyl groups excluding tert-OH is 1. The highest BCUT2D eigenvalue weighted by molar-refractivity contribution is 5.52. The molecule has 2 aromatic rings. The van der Waals surface area contributed by atoms with Gasteiger partial charge in [0.15, 0.2) is 0 Å². The zero-order valence-electron chi connectivity index (χ0n) is 8.47. The lowest BCUT2D eigenvalue weighted by Crippen LogP contribution is -1.81. The Labute approximate surface area is 87.6 Å². The minimum absolute atomic E-state index is 0.222. The van der Waals surface area contributed by atoms with E-state index in [9.17, 15) is 0 Å². The van der Waals surface area contributed by atoms with Crippen LogP contribution in [-0.2, 0) is 13.0 Å². The molecule has 1 aromatic heterocycles. The van der Waals surface area contributed by atoms with Gasteiger partial charge in [0.2, 0.25) is 11.8 Å². The molecule has 0 saturated heterocycles. The molecule has 0 amide bonds. The van der Waals surface area contributed by atoms with Crippen LogP contribution in [0, 0.1) is 0 Å². The number of hydrogen-bond acceptors (Lipinski definition) is 4. The second kappa shape index (κ2) is 4.23. The first-order valence-electron chi connectivity index (χ1n) is 4.86. The van der Waals surface area contributed by atoms with E-state index in [1.807, 2.05) is 24.3 Å². The summed E-state index contributed by atoms with van der Waals surface area (Å²) >= 11 is 0. The minimum Gasteiger partial charge on any atom is -0.418 e. The summed E-state index contributed by atoms with van der Waals surface area (Å²) in [4.78, 5) is 0. The van der Waals surface area contributed by atoms with Gasteiger partial charge < -0.3 is 9.52 Å². The molecular weight excluding hydrogens is 192 g/mol. The summed E-state index contributed by atoms with van der Waals surface area (Å²) in [5, 5.41) is 16.3. The van der Waals surface area contributed by atoms with Crippen molar-refractivity contribution in [2.75, 3.05) is 0 Å². The number of aliphatic hydroxyl groups is 1. The van der Waals surface area contributed by atoms with Crippen LogP contribution in [0.3, 0.4) is 0 Å². The van der Waals surface area contributed by atoms with Gasteiger partial charge in [-0.2, -0.15) is 0 Å². The van der Waals surface area contributed by atoms with Crippen molar-refractivity contribution in [2.24, 2.45) is 0 Å². The van der Waals surface area contributed by atoms with Crippen LogP contribution in [0.5, 0.6) is 0 Å². The van der Waals surface area contributed by atoms with E-state index >= 15 is 0 Å². The molecule has 0 spiro atoms. The predicted octanol–water partition coefficient (Wildman–Crippen LogP) is 1.79. The van der Waals surface area contributed by atoms with E-state index in [1.54, 1.807) is 0 Å². The maximum atomic E-state index is 8.78. The third-order valence-electron chi connectivity index (χ3n) is 2.21. The second-order valence-electron chi connectivity index (χ2n) is 3.21. The minimum atomic E-state index is -0.222. The Morgan fingerprint density at radius 3 is 2.47 bits per heavy atom. The normalized spacial score (nSPS) is 10.5. The van der Waals surface area contributed by atoms with Crippen LogP contribution in [0.1, 0.15) is 18.4 Å². The average Bonchev–Trinajstić information content (AvgIpc) is 2.78. The Bertz CT molecular complexity index is 434. The molecule has 0 saturated carbocycles. The van der Waals surface area contributed by atoms with E-state index in [1.165, 1.54) is 5.56 Å². The predicted molar refractivity (Wildman–Crippen MR) is 55.0 cm³/mol. The van der Waals surface area contributed by atoms with Gasteiger partial charge >= 0.3 is 0 Å². The number of hydrogen-bond donors (Lipinski definition) is 1. The summed E-state index contributed by atoms with van der Waals surface area (Å²) in [6, 6.07) is 7.93. The fourth-order valence-corrected chi connectivity index (χ4v) is 1.32. The van der Waals surface area contributed by atoms with Crippen LogP contribution in [0.4, 0.5) is 0 Å². The van der Waals surface area contributed by atoms with E-state index in [4.69, 9.17) is 9.52 Å². The van der Waals surface area contributed by atoms with Crippen LogP contribution < -0.4 is 0 Å². The van der Waals surface area contributed by atoms with E-state index < -0.39 is 0 Å². The lowest BCUT2D eigenvalue weighted by atomic mass is 10.1. The SMILES string of the molecule is CCc1ccc(-c2nnc(CO)o2)cc1. The van der Waals surface area contributed by atoms with Crippen molar-refractivity contribution in [3.63, 3.8) is 0 Å². The molecule has 4 nitrogen and oxygen atoms in total. The van der Waals surface area contributed by atoms with Gasteiger partial charge in [0.1, 0.15) is 6.61 Å². The molecule has 0 radical (unpaired) electrons. The maximum Gasteiger partial charge on any atom is 0.247 e. The van der Waals surface area contributed by atoms with Crippen molar-refractivity contribution in [2.45, 2.75) is 20.0 Å². The topological polar surface area (TPSA) is 59.2 Å². The molecule has 0 fully saturated rings. The van der Waals surface area contributed by atoms with Crippen molar-refractivity contribution < 1.29 is 9.52 Å². The molecule has 1 heterocycles. The fourth-order valence-electron chi connectivity index (χ4n) is 1.32. The van der Waals surface area contributed by atoms with Gasteiger partial charge in [-0.15, -0.1) is 10.2 Å². The molecule has 2 rings (SSSR count). The zero-order chi connectivity index (χ0) is 10.7. The number of aryl methyl sites for hydroxylation is 1. The van der Waals surface area contributed by atoms with Gasteiger partial charge in [-0.05, 0) is 24.1 Å². The Morgan fingerprint density at radius 2 is 1.93 bits per heavy atom. The molecule has 0 aliphatic heterocycles.